The Kier molecular flexibility index (Phi) is 4.00. The Morgan fingerprint density at radius 3 is 2.67 bits per heavy atom. The summed E-state index contributed by atoms with van der Waals surface area (Å²) in [4.78, 5) is 0. The Bertz CT molecular complexity index is 566. The van der Waals surface area contributed by atoms with E-state index in [4.69, 9.17) is 10.5 Å². The summed E-state index contributed by atoms with van der Waals surface area (Å²) in [5.74, 6) is 0.896. The van der Waals surface area contributed by atoms with Crippen LogP contribution in [0.25, 0.3) is 16.8 Å². The number of hydrogen-bond acceptors (Lipinski definition) is 2. The van der Waals surface area contributed by atoms with E-state index in [2.05, 4.69) is 31.2 Å². The van der Waals surface area contributed by atoms with Crippen molar-refractivity contribution in [3.8, 4) is 5.75 Å². The number of ether oxygens (including phenoxy) is 1. The summed E-state index contributed by atoms with van der Waals surface area (Å²) >= 11 is 0. The fraction of sp³-hybridized carbons (Fsp3) is 0.250. The number of nitrogens with two attached hydrogens (primary N) is 1. The van der Waals surface area contributed by atoms with Crippen LogP contribution in [0.5, 0.6) is 5.75 Å². The molecule has 0 saturated heterocycles. The Balaban J connectivity index is 2.68. The van der Waals surface area contributed by atoms with Gasteiger partial charge in [-0.05, 0) is 23.3 Å². The summed E-state index contributed by atoms with van der Waals surface area (Å²) in [6.45, 7) is 2.71. The van der Waals surface area contributed by atoms with Crippen molar-refractivity contribution in [2.75, 3.05) is 13.7 Å². The summed E-state index contributed by atoms with van der Waals surface area (Å²) in [7, 11) is 1.70. The van der Waals surface area contributed by atoms with Gasteiger partial charge >= 0.3 is 0 Å². The highest BCUT2D eigenvalue weighted by molar-refractivity contribution is 5.93. The molecule has 0 aliphatic carbocycles. The molecular weight excluding hydrogens is 222 g/mol. The van der Waals surface area contributed by atoms with Crippen LogP contribution in [0.15, 0.2) is 42.0 Å². The molecular formula is C16H19NO. The summed E-state index contributed by atoms with van der Waals surface area (Å²) in [5, 5.41) is 2.42. The van der Waals surface area contributed by atoms with Gasteiger partial charge in [-0.15, -0.1) is 0 Å². The Morgan fingerprint density at radius 2 is 2.00 bits per heavy atom. The molecule has 2 aromatic rings. The van der Waals surface area contributed by atoms with E-state index in [1.807, 2.05) is 18.2 Å². The van der Waals surface area contributed by atoms with E-state index in [-0.39, 0.29) is 0 Å². The third-order valence-electron chi connectivity index (χ3n) is 3.22. The van der Waals surface area contributed by atoms with Gasteiger partial charge in [0.25, 0.3) is 0 Å². The third kappa shape index (κ3) is 2.39. The minimum Gasteiger partial charge on any atom is -0.496 e. The van der Waals surface area contributed by atoms with E-state index >= 15 is 0 Å². The maximum atomic E-state index is 5.76. The average Bonchev–Trinajstić information content (AvgIpc) is 2.44. The van der Waals surface area contributed by atoms with Gasteiger partial charge in [-0.1, -0.05) is 48.9 Å². The van der Waals surface area contributed by atoms with Gasteiger partial charge in [-0.2, -0.15) is 0 Å². The Labute approximate surface area is 108 Å². The molecule has 18 heavy (non-hydrogen) atoms. The summed E-state index contributed by atoms with van der Waals surface area (Å²) < 4.78 is 5.46. The molecule has 0 aliphatic heterocycles. The van der Waals surface area contributed by atoms with Gasteiger partial charge in [-0.25, -0.2) is 0 Å². The summed E-state index contributed by atoms with van der Waals surface area (Å²) in [6.07, 6.45) is 3.12. The normalized spacial score (nSPS) is 11.8. The molecule has 2 aromatic carbocycles. The fourth-order valence-electron chi connectivity index (χ4n) is 2.11. The molecule has 0 aliphatic rings. The van der Waals surface area contributed by atoms with Crippen molar-refractivity contribution in [2.24, 2.45) is 5.73 Å². The first kappa shape index (κ1) is 12.7. The van der Waals surface area contributed by atoms with Crippen LogP contribution in [0.4, 0.5) is 0 Å². The molecule has 0 fully saturated rings. The highest BCUT2D eigenvalue weighted by atomic mass is 16.5. The molecule has 0 atom stereocenters. The van der Waals surface area contributed by atoms with Gasteiger partial charge in [0.1, 0.15) is 5.75 Å². The first-order valence-corrected chi connectivity index (χ1v) is 6.25. The van der Waals surface area contributed by atoms with Crippen LogP contribution in [-0.4, -0.2) is 13.7 Å². The van der Waals surface area contributed by atoms with Crippen molar-refractivity contribution in [1.82, 2.24) is 0 Å². The van der Waals surface area contributed by atoms with Gasteiger partial charge < -0.3 is 10.5 Å². The topological polar surface area (TPSA) is 35.2 Å². The van der Waals surface area contributed by atoms with Crippen molar-refractivity contribution in [3.63, 3.8) is 0 Å². The fourth-order valence-corrected chi connectivity index (χ4v) is 2.11. The minimum absolute atomic E-state index is 0.586. The number of hydrogen-bond donors (Lipinski definition) is 1. The molecule has 94 valence electrons. The molecule has 2 N–H and O–H groups in total. The largest absolute Gasteiger partial charge is 0.496 e. The maximum Gasteiger partial charge on any atom is 0.126 e. The number of rotatable bonds is 4. The van der Waals surface area contributed by atoms with Crippen molar-refractivity contribution in [1.29, 1.82) is 0 Å². The zero-order valence-corrected chi connectivity index (χ0v) is 10.9. The van der Waals surface area contributed by atoms with E-state index in [1.54, 1.807) is 7.11 Å². The highest BCUT2D eigenvalue weighted by Gasteiger charge is 2.06. The lowest BCUT2D eigenvalue weighted by Gasteiger charge is -2.10. The van der Waals surface area contributed by atoms with E-state index < -0.39 is 0 Å². The van der Waals surface area contributed by atoms with E-state index in [1.165, 1.54) is 16.3 Å². The molecule has 0 amide bonds. The average molecular weight is 241 g/mol. The van der Waals surface area contributed by atoms with Gasteiger partial charge in [0.2, 0.25) is 0 Å². The van der Waals surface area contributed by atoms with Crippen LogP contribution >= 0.6 is 0 Å². The van der Waals surface area contributed by atoms with Gasteiger partial charge in [0.05, 0.1) is 7.11 Å². The number of methoxy groups -OCH3 is 1. The smallest absolute Gasteiger partial charge is 0.126 e. The molecule has 0 bridgehead atoms. The van der Waals surface area contributed by atoms with Crippen LogP contribution in [0, 0.1) is 0 Å². The van der Waals surface area contributed by atoms with E-state index in [0.29, 0.717) is 6.54 Å². The zero-order chi connectivity index (χ0) is 13.0. The molecule has 0 spiro atoms. The Hall–Kier alpha value is -1.80. The van der Waals surface area contributed by atoms with Crippen molar-refractivity contribution in [2.45, 2.75) is 13.3 Å². The molecule has 2 nitrogen and oxygen atoms in total. The van der Waals surface area contributed by atoms with Crippen molar-refractivity contribution in [3.05, 3.63) is 47.5 Å². The summed E-state index contributed by atoms with van der Waals surface area (Å²) in [6, 6.07) is 12.4. The van der Waals surface area contributed by atoms with Crippen LogP contribution < -0.4 is 10.5 Å². The molecule has 0 aromatic heterocycles. The van der Waals surface area contributed by atoms with Crippen LogP contribution in [0.2, 0.25) is 0 Å². The van der Waals surface area contributed by atoms with Crippen LogP contribution in [0.3, 0.4) is 0 Å². The lowest BCUT2D eigenvalue weighted by atomic mass is 10.0. The first-order chi connectivity index (χ1) is 8.80. The SMILES string of the molecule is CCC(=Cc1c(OC)ccc2ccccc12)CN. The number of fused-ring (bicyclic) bond motifs is 1. The minimum atomic E-state index is 0.586. The summed E-state index contributed by atoms with van der Waals surface area (Å²) in [5.41, 5.74) is 8.11. The molecule has 0 radical (unpaired) electrons. The second kappa shape index (κ2) is 5.69. The van der Waals surface area contributed by atoms with E-state index in [0.717, 1.165) is 17.7 Å². The van der Waals surface area contributed by atoms with Crippen LogP contribution in [0.1, 0.15) is 18.9 Å². The first-order valence-electron chi connectivity index (χ1n) is 6.25. The molecule has 2 rings (SSSR count). The quantitative estimate of drug-likeness (QED) is 0.887. The predicted molar refractivity (Wildman–Crippen MR) is 77.8 cm³/mol. The van der Waals surface area contributed by atoms with E-state index in [9.17, 15) is 0 Å². The second-order valence-corrected chi connectivity index (χ2v) is 4.26. The lowest BCUT2D eigenvalue weighted by Crippen LogP contribution is -2.02. The predicted octanol–water partition coefficient (Wildman–Crippen LogP) is 3.60. The van der Waals surface area contributed by atoms with Crippen molar-refractivity contribution >= 4 is 16.8 Å². The molecule has 0 heterocycles. The van der Waals surface area contributed by atoms with Gasteiger partial charge in [0, 0.05) is 12.1 Å². The monoisotopic (exact) mass is 241 g/mol. The third-order valence-corrected chi connectivity index (χ3v) is 3.22. The lowest BCUT2D eigenvalue weighted by molar-refractivity contribution is 0.414. The molecule has 0 unspecified atom stereocenters. The maximum absolute atomic E-state index is 5.76. The highest BCUT2D eigenvalue weighted by Crippen LogP contribution is 2.30. The van der Waals surface area contributed by atoms with Crippen molar-refractivity contribution < 1.29 is 4.74 Å². The second-order valence-electron chi connectivity index (χ2n) is 4.26. The van der Waals surface area contributed by atoms with Gasteiger partial charge in [0.15, 0.2) is 0 Å². The van der Waals surface area contributed by atoms with Crippen LogP contribution in [-0.2, 0) is 0 Å². The Morgan fingerprint density at radius 1 is 1.22 bits per heavy atom. The molecule has 0 saturated carbocycles. The van der Waals surface area contributed by atoms with Gasteiger partial charge in [-0.3, -0.25) is 0 Å². The molecule has 2 heteroatoms. The zero-order valence-electron chi connectivity index (χ0n) is 10.9. The number of benzene rings is 2. The standard InChI is InChI=1S/C16H19NO/c1-3-12(11-17)10-15-14-7-5-4-6-13(14)8-9-16(15)18-2/h4-10H,3,11,17H2,1-2H3.